The molecule has 1 aromatic carbocycles. The van der Waals surface area contributed by atoms with E-state index in [1.807, 2.05) is 13.1 Å². The first-order chi connectivity index (χ1) is 15.0. The van der Waals surface area contributed by atoms with Crippen molar-refractivity contribution in [3.05, 3.63) is 29.6 Å². The number of guanidine groups is 1. The Kier molecular flexibility index (Phi) is 8.43. The molecule has 1 N–H and O–H groups in total. The number of piperazine rings is 1. The van der Waals surface area contributed by atoms with Crippen LogP contribution in [0.1, 0.15) is 32.2 Å². The average Bonchev–Trinajstić information content (AvgIpc) is 3.29. The largest absolute Gasteiger partial charge is 0.486 e. The van der Waals surface area contributed by atoms with Gasteiger partial charge in [0.05, 0.1) is 0 Å². The molecule has 0 amide bonds. The van der Waals surface area contributed by atoms with E-state index < -0.39 is 0 Å². The number of halogens is 1. The zero-order valence-corrected chi connectivity index (χ0v) is 22.4. The molecule has 8 nitrogen and oxygen atoms in total. The quantitative estimate of drug-likeness (QED) is 0.335. The number of fused-ring (bicyclic) bond motifs is 1. The minimum absolute atomic E-state index is 0. The molecule has 0 unspecified atom stereocenters. The second-order valence-electron chi connectivity index (χ2n) is 8.46. The molecule has 0 spiro atoms. The van der Waals surface area contributed by atoms with Crippen molar-refractivity contribution in [1.82, 2.24) is 19.6 Å². The van der Waals surface area contributed by atoms with E-state index >= 15 is 0 Å². The predicted molar refractivity (Wildman–Crippen MR) is 140 cm³/mol. The van der Waals surface area contributed by atoms with Crippen molar-refractivity contribution < 1.29 is 9.47 Å². The third kappa shape index (κ3) is 5.56. The van der Waals surface area contributed by atoms with Crippen LogP contribution in [0, 0.1) is 0 Å². The van der Waals surface area contributed by atoms with Gasteiger partial charge >= 0.3 is 0 Å². The summed E-state index contributed by atoms with van der Waals surface area (Å²) in [5, 5.41) is 4.61. The number of anilines is 1. The van der Waals surface area contributed by atoms with Crippen molar-refractivity contribution >= 4 is 46.6 Å². The van der Waals surface area contributed by atoms with E-state index in [9.17, 15) is 0 Å². The molecule has 0 radical (unpaired) electrons. The zero-order chi connectivity index (χ0) is 21.8. The minimum atomic E-state index is -0.0866. The molecular weight excluding hydrogens is 539 g/mol. The average molecular weight is 573 g/mol. The maximum atomic E-state index is 5.77. The van der Waals surface area contributed by atoms with E-state index in [0.717, 1.165) is 67.6 Å². The molecule has 2 aliphatic heterocycles. The molecule has 2 aromatic rings. The SMILES string of the molecule is CCc1nsc(N2CCN(C(=NC)NCC(C)(C)c3ccc4c(c3)OCCO4)CC2)n1.I. The van der Waals surface area contributed by atoms with Crippen LogP contribution in [-0.2, 0) is 11.8 Å². The smallest absolute Gasteiger partial charge is 0.205 e. The summed E-state index contributed by atoms with van der Waals surface area (Å²) in [6.45, 7) is 12.2. The van der Waals surface area contributed by atoms with Crippen LogP contribution in [0.2, 0.25) is 0 Å². The van der Waals surface area contributed by atoms with Gasteiger partial charge in [0.25, 0.3) is 0 Å². The number of nitrogens with zero attached hydrogens (tertiary/aromatic N) is 5. The number of aromatic nitrogens is 2. The van der Waals surface area contributed by atoms with Gasteiger partial charge in [0.1, 0.15) is 19.0 Å². The van der Waals surface area contributed by atoms with E-state index in [-0.39, 0.29) is 29.4 Å². The van der Waals surface area contributed by atoms with Crippen LogP contribution in [-0.4, -0.2) is 73.2 Å². The highest BCUT2D eigenvalue weighted by molar-refractivity contribution is 14.0. The van der Waals surface area contributed by atoms with E-state index in [4.69, 9.17) is 9.47 Å². The van der Waals surface area contributed by atoms with Crippen LogP contribution in [0.3, 0.4) is 0 Å². The Hall–Kier alpha value is -1.82. The highest BCUT2D eigenvalue weighted by Crippen LogP contribution is 2.35. The molecule has 0 aliphatic carbocycles. The number of aryl methyl sites for hydroxylation is 1. The van der Waals surface area contributed by atoms with Crippen LogP contribution in [0.15, 0.2) is 23.2 Å². The predicted octanol–water partition coefficient (Wildman–Crippen LogP) is 3.16. The van der Waals surface area contributed by atoms with Crippen LogP contribution in [0.25, 0.3) is 0 Å². The van der Waals surface area contributed by atoms with Gasteiger partial charge in [-0.25, -0.2) is 4.98 Å². The first-order valence-electron chi connectivity index (χ1n) is 10.9. The fourth-order valence-electron chi connectivity index (χ4n) is 3.83. The molecule has 3 heterocycles. The zero-order valence-electron chi connectivity index (χ0n) is 19.3. The third-order valence-electron chi connectivity index (χ3n) is 5.85. The van der Waals surface area contributed by atoms with E-state index in [0.29, 0.717) is 13.2 Å². The van der Waals surface area contributed by atoms with Crippen molar-refractivity contribution in [2.75, 3.05) is 57.9 Å². The lowest BCUT2D eigenvalue weighted by atomic mass is 9.84. The number of aliphatic imine (C=N–C) groups is 1. The summed E-state index contributed by atoms with van der Waals surface area (Å²) in [5.74, 6) is 3.53. The summed E-state index contributed by atoms with van der Waals surface area (Å²) in [4.78, 5) is 13.8. The number of hydrogen-bond acceptors (Lipinski definition) is 7. The second kappa shape index (κ2) is 10.9. The highest BCUT2D eigenvalue weighted by Gasteiger charge is 2.26. The Balaban J connectivity index is 0.00000289. The third-order valence-corrected chi connectivity index (χ3v) is 6.66. The Bertz CT molecular complexity index is 927. The van der Waals surface area contributed by atoms with Crippen molar-refractivity contribution in [2.45, 2.75) is 32.6 Å². The summed E-state index contributed by atoms with van der Waals surface area (Å²) in [5.41, 5.74) is 1.13. The van der Waals surface area contributed by atoms with E-state index in [1.54, 1.807) is 0 Å². The maximum Gasteiger partial charge on any atom is 0.205 e. The lowest BCUT2D eigenvalue weighted by molar-refractivity contribution is 0.171. The molecule has 176 valence electrons. The normalized spacial score (nSPS) is 16.6. The Morgan fingerprint density at radius 3 is 2.53 bits per heavy atom. The molecule has 1 fully saturated rings. The van der Waals surface area contributed by atoms with Gasteiger partial charge in [0.15, 0.2) is 17.5 Å². The lowest BCUT2D eigenvalue weighted by Gasteiger charge is -2.37. The number of rotatable bonds is 5. The molecule has 1 saturated heterocycles. The Labute approximate surface area is 211 Å². The fourth-order valence-corrected chi connectivity index (χ4v) is 4.63. The van der Waals surface area contributed by atoms with Gasteiger partial charge in [-0.2, -0.15) is 4.37 Å². The van der Waals surface area contributed by atoms with Gasteiger partial charge in [0.2, 0.25) is 5.13 Å². The molecule has 32 heavy (non-hydrogen) atoms. The number of nitrogens with one attached hydrogen (secondary N) is 1. The highest BCUT2D eigenvalue weighted by atomic mass is 127. The number of ether oxygens (including phenoxy) is 2. The molecule has 0 bridgehead atoms. The Morgan fingerprint density at radius 2 is 1.88 bits per heavy atom. The van der Waals surface area contributed by atoms with Crippen molar-refractivity contribution in [2.24, 2.45) is 4.99 Å². The molecule has 10 heteroatoms. The van der Waals surface area contributed by atoms with Gasteiger partial charge in [0, 0.05) is 63.1 Å². The summed E-state index contributed by atoms with van der Waals surface area (Å²) in [7, 11) is 1.85. The van der Waals surface area contributed by atoms with Gasteiger partial charge in [-0.3, -0.25) is 4.99 Å². The Morgan fingerprint density at radius 1 is 1.16 bits per heavy atom. The van der Waals surface area contributed by atoms with Crippen molar-refractivity contribution in [3.63, 3.8) is 0 Å². The lowest BCUT2D eigenvalue weighted by Crippen LogP contribution is -2.54. The fraction of sp³-hybridized carbons (Fsp3) is 0.591. The summed E-state index contributed by atoms with van der Waals surface area (Å²) < 4.78 is 15.8. The molecule has 0 saturated carbocycles. The molecule has 0 atom stereocenters. The van der Waals surface area contributed by atoms with Gasteiger partial charge in [-0.1, -0.05) is 26.8 Å². The molecular formula is C22H33IN6O2S. The van der Waals surface area contributed by atoms with Gasteiger partial charge in [-0.15, -0.1) is 24.0 Å². The van der Waals surface area contributed by atoms with Gasteiger partial charge in [-0.05, 0) is 17.7 Å². The van der Waals surface area contributed by atoms with E-state index in [2.05, 4.69) is 62.4 Å². The monoisotopic (exact) mass is 572 g/mol. The summed E-state index contributed by atoms with van der Waals surface area (Å²) in [6, 6.07) is 6.24. The molecule has 4 rings (SSSR count). The standard InChI is InChI=1S/C22H32N6O2S.HI/c1-5-19-25-21(31-26-19)28-10-8-27(9-11-28)20(23-4)24-15-22(2,3)16-6-7-17-18(14-16)30-13-12-29-17;/h6-7,14H,5,8-13,15H2,1-4H3,(H,23,24);1H. The molecule has 2 aliphatic rings. The number of benzene rings is 1. The number of hydrogen-bond donors (Lipinski definition) is 1. The minimum Gasteiger partial charge on any atom is -0.486 e. The van der Waals surface area contributed by atoms with E-state index in [1.165, 1.54) is 17.1 Å². The van der Waals surface area contributed by atoms with Crippen molar-refractivity contribution in [3.8, 4) is 11.5 Å². The van der Waals surface area contributed by atoms with Gasteiger partial charge < -0.3 is 24.6 Å². The van der Waals surface area contributed by atoms with Crippen LogP contribution < -0.4 is 19.7 Å². The summed E-state index contributed by atoms with van der Waals surface area (Å²) in [6.07, 6.45) is 0.881. The van der Waals surface area contributed by atoms with Crippen LogP contribution in [0.4, 0.5) is 5.13 Å². The first kappa shape index (κ1) is 24.8. The van der Waals surface area contributed by atoms with Crippen molar-refractivity contribution in [1.29, 1.82) is 0 Å². The van der Waals surface area contributed by atoms with Crippen LogP contribution in [0.5, 0.6) is 11.5 Å². The second-order valence-corrected chi connectivity index (χ2v) is 9.19. The topological polar surface area (TPSA) is 75.1 Å². The maximum absolute atomic E-state index is 5.77. The van der Waals surface area contributed by atoms with Crippen LogP contribution >= 0.6 is 35.5 Å². The first-order valence-corrected chi connectivity index (χ1v) is 11.7. The summed E-state index contributed by atoms with van der Waals surface area (Å²) >= 11 is 1.50. The molecule has 1 aromatic heterocycles.